The van der Waals surface area contributed by atoms with E-state index in [1.807, 2.05) is 25.1 Å². The highest BCUT2D eigenvalue weighted by Crippen LogP contribution is 2.24. The maximum Gasteiger partial charge on any atom is 0.160 e. The predicted molar refractivity (Wildman–Crippen MR) is 69.7 cm³/mol. The lowest BCUT2D eigenvalue weighted by atomic mass is 10.1. The minimum absolute atomic E-state index is 0.264. The first-order valence-corrected chi connectivity index (χ1v) is 5.73. The molecule has 0 unspecified atom stereocenters. The Kier molecular flexibility index (Phi) is 2.52. The topological polar surface area (TPSA) is 25.8 Å². The van der Waals surface area contributed by atoms with Crippen molar-refractivity contribution in [3.05, 3.63) is 60.0 Å². The van der Waals surface area contributed by atoms with Crippen molar-refractivity contribution in [2.75, 3.05) is 0 Å². The van der Waals surface area contributed by atoms with Crippen LogP contribution in [-0.4, -0.2) is 9.97 Å². The lowest BCUT2D eigenvalue weighted by Gasteiger charge is -2.06. The molecule has 0 saturated heterocycles. The molecule has 88 valence electrons. The van der Waals surface area contributed by atoms with Crippen molar-refractivity contribution in [2.45, 2.75) is 6.92 Å². The number of halogens is 1. The molecule has 0 aliphatic carbocycles. The van der Waals surface area contributed by atoms with Gasteiger partial charge in [0.1, 0.15) is 5.82 Å². The first-order valence-electron chi connectivity index (χ1n) is 5.73. The normalized spacial score (nSPS) is 10.8. The van der Waals surface area contributed by atoms with Crippen LogP contribution in [-0.2, 0) is 0 Å². The van der Waals surface area contributed by atoms with Crippen molar-refractivity contribution in [2.24, 2.45) is 0 Å². The van der Waals surface area contributed by atoms with Crippen LogP contribution in [0.15, 0.2) is 48.7 Å². The minimum atomic E-state index is -0.264. The number of aromatic nitrogens is 2. The largest absolute Gasteiger partial charge is 0.237 e. The van der Waals surface area contributed by atoms with E-state index in [4.69, 9.17) is 0 Å². The Morgan fingerprint density at radius 2 is 1.89 bits per heavy atom. The van der Waals surface area contributed by atoms with Crippen LogP contribution in [0.25, 0.3) is 22.3 Å². The van der Waals surface area contributed by atoms with Gasteiger partial charge in [0.25, 0.3) is 0 Å². The molecule has 0 atom stereocenters. The molecular weight excluding hydrogens is 227 g/mol. The quantitative estimate of drug-likeness (QED) is 0.645. The number of rotatable bonds is 1. The van der Waals surface area contributed by atoms with Gasteiger partial charge >= 0.3 is 0 Å². The monoisotopic (exact) mass is 238 g/mol. The zero-order valence-corrected chi connectivity index (χ0v) is 9.89. The summed E-state index contributed by atoms with van der Waals surface area (Å²) in [5.41, 5.74) is 2.83. The zero-order valence-electron chi connectivity index (χ0n) is 9.89. The molecule has 0 fully saturated rings. The van der Waals surface area contributed by atoms with Crippen molar-refractivity contribution < 1.29 is 4.39 Å². The Balaban J connectivity index is 2.28. The first kappa shape index (κ1) is 10.8. The number of fused-ring (bicyclic) bond motifs is 1. The van der Waals surface area contributed by atoms with E-state index >= 15 is 0 Å². The van der Waals surface area contributed by atoms with Gasteiger partial charge in [-0.05, 0) is 42.8 Å². The third-order valence-electron chi connectivity index (χ3n) is 2.94. The van der Waals surface area contributed by atoms with Crippen molar-refractivity contribution in [3.63, 3.8) is 0 Å². The van der Waals surface area contributed by atoms with E-state index in [-0.39, 0.29) is 5.82 Å². The van der Waals surface area contributed by atoms with E-state index in [2.05, 4.69) is 9.97 Å². The van der Waals surface area contributed by atoms with Crippen LogP contribution in [0.2, 0.25) is 0 Å². The van der Waals surface area contributed by atoms with Crippen LogP contribution in [0.3, 0.4) is 0 Å². The fourth-order valence-electron chi connectivity index (χ4n) is 2.03. The van der Waals surface area contributed by atoms with Gasteiger partial charge in [-0.2, -0.15) is 0 Å². The molecule has 0 aliphatic rings. The van der Waals surface area contributed by atoms with Gasteiger partial charge in [-0.3, -0.25) is 0 Å². The third-order valence-corrected chi connectivity index (χ3v) is 2.94. The molecule has 2 aromatic heterocycles. The molecule has 0 radical (unpaired) electrons. The Bertz CT molecular complexity index is 723. The van der Waals surface area contributed by atoms with E-state index in [1.165, 1.54) is 6.07 Å². The Morgan fingerprint density at radius 3 is 2.72 bits per heavy atom. The summed E-state index contributed by atoms with van der Waals surface area (Å²) in [5, 5.41) is 0.998. The van der Waals surface area contributed by atoms with Gasteiger partial charge in [0.2, 0.25) is 0 Å². The molecule has 0 amide bonds. The second-order valence-corrected chi connectivity index (χ2v) is 4.18. The molecule has 1 aromatic carbocycles. The highest BCUT2D eigenvalue weighted by Gasteiger charge is 2.08. The summed E-state index contributed by atoms with van der Waals surface area (Å²) in [7, 11) is 0. The maximum atomic E-state index is 13.7. The molecule has 3 rings (SSSR count). The average molecular weight is 238 g/mol. The summed E-state index contributed by atoms with van der Waals surface area (Å²) in [6.07, 6.45) is 1.69. The van der Waals surface area contributed by atoms with E-state index in [0.29, 0.717) is 16.9 Å². The van der Waals surface area contributed by atoms with Gasteiger partial charge in [-0.15, -0.1) is 0 Å². The van der Waals surface area contributed by atoms with Crippen molar-refractivity contribution in [3.8, 4) is 11.3 Å². The molecule has 0 saturated carbocycles. The third kappa shape index (κ3) is 1.74. The second-order valence-electron chi connectivity index (χ2n) is 4.18. The molecule has 3 aromatic rings. The Morgan fingerprint density at radius 1 is 1.06 bits per heavy atom. The van der Waals surface area contributed by atoms with E-state index in [0.717, 1.165) is 10.9 Å². The van der Waals surface area contributed by atoms with Crippen LogP contribution >= 0.6 is 0 Å². The van der Waals surface area contributed by atoms with Crippen LogP contribution in [0, 0.1) is 12.7 Å². The summed E-state index contributed by atoms with van der Waals surface area (Å²) >= 11 is 0. The fraction of sp³-hybridized carbons (Fsp3) is 0.0667. The molecule has 2 heterocycles. The Hall–Kier alpha value is -2.29. The van der Waals surface area contributed by atoms with Gasteiger partial charge < -0.3 is 0 Å². The van der Waals surface area contributed by atoms with Crippen LogP contribution in [0.4, 0.5) is 4.39 Å². The number of aryl methyl sites for hydroxylation is 1. The van der Waals surface area contributed by atoms with E-state index < -0.39 is 0 Å². The fourth-order valence-corrected chi connectivity index (χ4v) is 2.03. The van der Waals surface area contributed by atoms with E-state index in [1.54, 1.807) is 24.4 Å². The SMILES string of the molecule is Cc1cc(-c2ccccc2F)nc2ncccc12. The van der Waals surface area contributed by atoms with Crippen molar-refractivity contribution in [1.82, 2.24) is 9.97 Å². The van der Waals surface area contributed by atoms with Crippen LogP contribution in [0.1, 0.15) is 5.56 Å². The summed E-state index contributed by atoms with van der Waals surface area (Å²) in [5.74, 6) is -0.264. The van der Waals surface area contributed by atoms with Gasteiger partial charge in [0.05, 0.1) is 5.69 Å². The summed E-state index contributed by atoms with van der Waals surface area (Å²) in [6, 6.07) is 12.4. The molecule has 0 spiro atoms. The standard InChI is InChI=1S/C15H11FN2/c1-10-9-14(12-5-2-3-7-13(12)16)18-15-11(10)6-4-8-17-15/h2-9H,1H3. The number of hydrogen-bond acceptors (Lipinski definition) is 2. The highest BCUT2D eigenvalue weighted by atomic mass is 19.1. The minimum Gasteiger partial charge on any atom is -0.237 e. The molecule has 18 heavy (non-hydrogen) atoms. The zero-order chi connectivity index (χ0) is 12.5. The first-order chi connectivity index (χ1) is 8.75. The average Bonchev–Trinajstić information content (AvgIpc) is 2.39. The van der Waals surface area contributed by atoms with E-state index in [9.17, 15) is 4.39 Å². The van der Waals surface area contributed by atoms with Gasteiger partial charge in [0, 0.05) is 17.1 Å². The van der Waals surface area contributed by atoms with Crippen LogP contribution in [0.5, 0.6) is 0 Å². The van der Waals surface area contributed by atoms with Gasteiger partial charge in [0.15, 0.2) is 5.65 Å². The molecule has 3 heteroatoms. The molecule has 2 nitrogen and oxygen atoms in total. The Labute approximate surface area is 104 Å². The lowest BCUT2D eigenvalue weighted by molar-refractivity contribution is 0.631. The number of benzene rings is 1. The van der Waals surface area contributed by atoms with Crippen molar-refractivity contribution >= 4 is 11.0 Å². The summed E-state index contributed by atoms with van der Waals surface area (Å²) in [6.45, 7) is 1.98. The smallest absolute Gasteiger partial charge is 0.160 e. The maximum absolute atomic E-state index is 13.7. The number of nitrogens with zero attached hydrogens (tertiary/aromatic N) is 2. The predicted octanol–water partition coefficient (Wildman–Crippen LogP) is 3.74. The summed E-state index contributed by atoms with van der Waals surface area (Å²) in [4.78, 5) is 8.64. The van der Waals surface area contributed by atoms with Gasteiger partial charge in [-0.25, -0.2) is 14.4 Å². The van der Waals surface area contributed by atoms with Crippen LogP contribution < -0.4 is 0 Å². The second kappa shape index (κ2) is 4.18. The number of pyridine rings is 2. The summed E-state index contributed by atoms with van der Waals surface area (Å²) < 4.78 is 13.7. The van der Waals surface area contributed by atoms with Crippen molar-refractivity contribution in [1.29, 1.82) is 0 Å². The molecule has 0 N–H and O–H groups in total. The number of hydrogen-bond donors (Lipinski definition) is 0. The lowest BCUT2D eigenvalue weighted by Crippen LogP contribution is -1.92. The van der Waals surface area contributed by atoms with Gasteiger partial charge in [-0.1, -0.05) is 12.1 Å². The highest BCUT2D eigenvalue weighted by molar-refractivity contribution is 5.81. The molecule has 0 aliphatic heterocycles. The molecular formula is C15H11FN2. The molecule has 0 bridgehead atoms.